The Morgan fingerprint density at radius 2 is 2.20 bits per heavy atom. The lowest BCUT2D eigenvalue weighted by atomic mass is 9.98. The maximum Gasteiger partial charge on any atom is 0.0624 e. The molecule has 0 radical (unpaired) electrons. The van der Waals surface area contributed by atoms with Crippen molar-refractivity contribution in [2.24, 2.45) is 11.8 Å². The van der Waals surface area contributed by atoms with Gasteiger partial charge in [-0.15, -0.1) is 0 Å². The number of likely N-dealkylation sites (tertiary alicyclic amines) is 1. The summed E-state index contributed by atoms with van der Waals surface area (Å²) in [5.41, 5.74) is 0. The van der Waals surface area contributed by atoms with Crippen molar-refractivity contribution in [3.63, 3.8) is 0 Å². The molecular weight excluding hydrogens is 190 g/mol. The van der Waals surface area contributed by atoms with Gasteiger partial charge in [-0.3, -0.25) is 4.90 Å². The Balaban J connectivity index is 1.85. The number of hydrogen-bond acceptors (Lipinski definition) is 3. The number of aliphatic hydroxyl groups excluding tert-OH is 1. The van der Waals surface area contributed by atoms with E-state index in [1.807, 2.05) is 0 Å². The minimum absolute atomic E-state index is 0.151. The van der Waals surface area contributed by atoms with Crippen LogP contribution in [0.15, 0.2) is 0 Å². The topological polar surface area (TPSA) is 32.7 Å². The predicted molar refractivity (Wildman–Crippen MR) is 59.7 cm³/mol. The maximum atomic E-state index is 9.87. The smallest absolute Gasteiger partial charge is 0.0624 e. The van der Waals surface area contributed by atoms with Crippen LogP contribution in [-0.2, 0) is 4.74 Å². The molecule has 2 heterocycles. The molecule has 4 unspecified atom stereocenters. The molecule has 0 aromatic carbocycles. The summed E-state index contributed by atoms with van der Waals surface area (Å²) in [5.74, 6) is 1.13. The Labute approximate surface area is 92.4 Å². The fourth-order valence-corrected chi connectivity index (χ4v) is 2.90. The molecule has 0 bridgehead atoms. The summed E-state index contributed by atoms with van der Waals surface area (Å²) >= 11 is 0. The van der Waals surface area contributed by atoms with E-state index >= 15 is 0 Å². The predicted octanol–water partition coefficient (Wildman–Crippen LogP) is 1.11. The van der Waals surface area contributed by atoms with Gasteiger partial charge < -0.3 is 9.84 Å². The van der Waals surface area contributed by atoms with Gasteiger partial charge in [0.15, 0.2) is 0 Å². The Morgan fingerprint density at radius 1 is 1.40 bits per heavy atom. The summed E-state index contributed by atoms with van der Waals surface area (Å²) in [6.45, 7) is 8.25. The molecule has 88 valence electrons. The number of aliphatic hydroxyl groups is 1. The van der Waals surface area contributed by atoms with E-state index in [-0.39, 0.29) is 6.10 Å². The van der Waals surface area contributed by atoms with E-state index in [1.165, 1.54) is 13.0 Å². The van der Waals surface area contributed by atoms with E-state index in [1.54, 1.807) is 0 Å². The van der Waals surface area contributed by atoms with Gasteiger partial charge in [0.2, 0.25) is 0 Å². The largest absolute Gasteiger partial charge is 0.393 e. The highest BCUT2D eigenvalue weighted by Gasteiger charge is 2.31. The Kier molecular flexibility index (Phi) is 3.65. The van der Waals surface area contributed by atoms with Gasteiger partial charge >= 0.3 is 0 Å². The standard InChI is InChI=1S/C12H23NO2/c1-9-5-10(2)13(6-9)7-11-8-15-4-3-12(11)14/h9-12,14H,3-8H2,1-2H3. The van der Waals surface area contributed by atoms with Crippen LogP contribution in [0.4, 0.5) is 0 Å². The van der Waals surface area contributed by atoms with Gasteiger partial charge in [0.1, 0.15) is 0 Å². The molecule has 0 aromatic heterocycles. The second-order valence-corrected chi connectivity index (χ2v) is 5.33. The highest BCUT2D eigenvalue weighted by atomic mass is 16.5. The van der Waals surface area contributed by atoms with Gasteiger partial charge in [-0.25, -0.2) is 0 Å². The van der Waals surface area contributed by atoms with Crippen LogP contribution >= 0.6 is 0 Å². The van der Waals surface area contributed by atoms with E-state index < -0.39 is 0 Å². The molecule has 4 atom stereocenters. The van der Waals surface area contributed by atoms with Gasteiger partial charge in [0.05, 0.1) is 12.7 Å². The lowest BCUT2D eigenvalue weighted by Gasteiger charge is -2.32. The molecule has 3 heteroatoms. The molecule has 0 aromatic rings. The van der Waals surface area contributed by atoms with Crippen molar-refractivity contribution >= 4 is 0 Å². The summed E-state index contributed by atoms with van der Waals surface area (Å²) in [4.78, 5) is 2.51. The zero-order chi connectivity index (χ0) is 10.8. The third-order valence-corrected chi connectivity index (χ3v) is 3.82. The number of nitrogens with zero attached hydrogens (tertiary/aromatic N) is 1. The lowest BCUT2D eigenvalue weighted by molar-refractivity contribution is -0.0473. The molecule has 0 amide bonds. The molecule has 0 saturated carbocycles. The van der Waals surface area contributed by atoms with E-state index in [0.29, 0.717) is 12.0 Å². The number of hydrogen-bond donors (Lipinski definition) is 1. The Bertz CT molecular complexity index is 206. The fraction of sp³-hybridized carbons (Fsp3) is 1.00. The van der Waals surface area contributed by atoms with Crippen molar-refractivity contribution in [1.82, 2.24) is 4.90 Å². The van der Waals surface area contributed by atoms with Crippen molar-refractivity contribution in [3.8, 4) is 0 Å². The first kappa shape index (κ1) is 11.4. The highest BCUT2D eigenvalue weighted by Crippen LogP contribution is 2.25. The van der Waals surface area contributed by atoms with Crippen LogP contribution in [0.3, 0.4) is 0 Å². The van der Waals surface area contributed by atoms with Crippen LogP contribution in [0, 0.1) is 11.8 Å². The molecule has 0 aliphatic carbocycles. The molecule has 0 spiro atoms. The zero-order valence-corrected chi connectivity index (χ0v) is 9.85. The van der Waals surface area contributed by atoms with E-state index in [0.717, 1.165) is 32.1 Å². The average Bonchev–Trinajstić information content (AvgIpc) is 2.49. The SMILES string of the molecule is CC1CC(C)N(CC2COCCC2O)C1. The maximum absolute atomic E-state index is 9.87. The molecular formula is C12H23NO2. The van der Waals surface area contributed by atoms with Crippen molar-refractivity contribution in [1.29, 1.82) is 0 Å². The molecule has 2 saturated heterocycles. The van der Waals surface area contributed by atoms with Gasteiger partial charge in [0, 0.05) is 31.7 Å². The third kappa shape index (κ3) is 2.71. The van der Waals surface area contributed by atoms with Gasteiger partial charge in [-0.05, 0) is 25.7 Å². The quantitative estimate of drug-likeness (QED) is 0.746. The number of ether oxygens (including phenoxy) is 1. The van der Waals surface area contributed by atoms with Crippen LogP contribution in [-0.4, -0.2) is 48.5 Å². The minimum Gasteiger partial charge on any atom is -0.393 e. The summed E-state index contributed by atoms with van der Waals surface area (Å²) in [5, 5.41) is 9.87. The van der Waals surface area contributed by atoms with Crippen LogP contribution < -0.4 is 0 Å². The van der Waals surface area contributed by atoms with E-state index in [4.69, 9.17) is 4.74 Å². The van der Waals surface area contributed by atoms with Gasteiger partial charge in [-0.1, -0.05) is 6.92 Å². The lowest BCUT2D eigenvalue weighted by Crippen LogP contribution is -2.42. The van der Waals surface area contributed by atoms with Crippen LogP contribution in [0.5, 0.6) is 0 Å². The average molecular weight is 213 g/mol. The second kappa shape index (κ2) is 4.81. The van der Waals surface area contributed by atoms with E-state index in [9.17, 15) is 5.11 Å². The molecule has 1 N–H and O–H groups in total. The molecule has 2 aliphatic heterocycles. The van der Waals surface area contributed by atoms with Crippen molar-refractivity contribution in [2.45, 2.75) is 38.8 Å². The summed E-state index contributed by atoms with van der Waals surface area (Å²) in [6.07, 6.45) is 1.95. The Morgan fingerprint density at radius 3 is 2.80 bits per heavy atom. The van der Waals surface area contributed by atoms with Crippen LogP contribution in [0.25, 0.3) is 0 Å². The Hall–Kier alpha value is -0.120. The van der Waals surface area contributed by atoms with Crippen molar-refractivity contribution < 1.29 is 9.84 Å². The highest BCUT2D eigenvalue weighted by molar-refractivity contribution is 4.84. The summed E-state index contributed by atoms with van der Waals surface area (Å²) in [6, 6.07) is 0.675. The monoisotopic (exact) mass is 213 g/mol. The summed E-state index contributed by atoms with van der Waals surface area (Å²) in [7, 11) is 0. The first-order valence-electron chi connectivity index (χ1n) is 6.16. The van der Waals surface area contributed by atoms with Crippen LogP contribution in [0.1, 0.15) is 26.7 Å². The normalized spacial score (nSPS) is 43.4. The first-order chi connectivity index (χ1) is 7.16. The second-order valence-electron chi connectivity index (χ2n) is 5.33. The van der Waals surface area contributed by atoms with Crippen molar-refractivity contribution in [3.05, 3.63) is 0 Å². The first-order valence-corrected chi connectivity index (χ1v) is 6.16. The number of rotatable bonds is 2. The summed E-state index contributed by atoms with van der Waals surface area (Å²) < 4.78 is 5.44. The van der Waals surface area contributed by atoms with Crippen molar-refractivity contribution in [2.75, 3.05) is 26.3 Å². The minimum atomic E-state index is -0.151. The third-order valence-electron chi connectivity index (χ3n) is 3.82. The van der Waals surface area contributed by atoms with E-state index in [2.05, 4.69) is 18.7 Å². The molecule has 2 rings (SSSR count). The van der Waals surface area contributed by atoms with Gasteiger partial charge in [0.25, 0.3) is 0 Å². The molecule has 2 fully saturated rings. The molecule has 15 heavy (non-hydrogen) atoms. The molecule has 3 nitrogen and oxygen atoms in total. The van der Waals surface area contributed by atoms with Gasteiger partial charge in [-0.2, -0.15) is 0 Å². The molecule has 2 aliphatic rings. The van der Waals surface area contributed by atoms with Crippen LogP contribution in [0.2, 0.25) is 0 Å². The fourth-order valence-electron chi connectivity index (χ4n) is 2.90. The zero-order valence-electron chi connectivity index (χ0n) is 9.85.